The van der Waals surface area contributed by atoms with Gasteiger partial charge in [0.1, 0.15) is 18.9 Å². The molecule has 146 valence electrons. The zero-order chi connectivity index (χ0) is 19.3. The highest BCUT2D eigenvalue weighted by atomic mass is 19.1. The van der Waals surface area contributed by atoms with Gasteiger partial charge in [-0.05, 0) is 11.8 Å². The van der Waals surface area contributed by atoms with E-state index in [1.165, 1.54) is 12.3 Å². The number of hydrogen-bond donors (Lipinski definition) is 3. The zero-order valence-corrected chi connectivity index (χ0v) is 15.4. The van der Waals surface area contributed by atoms with Crippen LogP contribution in [-0.2, 0) is 4.74 Å². The molecule has 8 nitrogen and oxygen atoms in total. The van der Waals surface area contributed by atoms with Crippen molar-refractivity contribution in [1.82, 2.24) is 10.3 Å². The number of carbonyl (C=O) groups is 1. The fourth-order valence-electron chi connectivity index (χ4n) is 2.84. The van der Waals surface area contributed by atoms with E-state index in [0.717, 1.165) is 0 Å². The minimum atomic E-state index is -0.895. The van der Waals surface area contributed by atoms with Crippen molar-refractivity contribution < 1.29 is 23.8 Å². The van der Waals surface area contributed by atoms with Gasteiger partial charge in [0.15, 0.2) is 11.6 Å². The second kappa shape index (κ2) is 8.50. The number of carbonyl (C=O) groups excluding carboxylic acids is 1. The van der Waals surface area contributed by atoms with Gasteiger partial charge in [0.2, 0.25) is 5.82 Å². The average Bonchev–Trinajstić information content (AvgIpc) is 2.51. The third-order valence-corrected chi connectivity index (χ3v) is 3.84. The third-order valence-electron chi connectivity index (χ3n) is 3.84. The Bertz CT molecular complexity index is 623. The Kier molecular flexibility index (Phi) is 6.60. The lowest BCUT2D eigenvalue weighted by Crippen LogP contribution is -2.51. The number of rotatable bonds is 6. The fourth-order valence-corrected chi connectivity index (χ4v) is 2.84. The van der Waals surface area contributed by atoms with E-state index < -0.39 is 24.2 Å². The van der Waals surface area contributed by atoms with Gasteiger partial charge < -0.3 is 25.2 Å². The summed E-state index contributed by atoms with van der Waals surface area (Å²) in [7, 11) is 0. The second-order valence-electron chi connectivity index (χ2n) is 7.50. The number of aliphatic hydroxyl groups excluding tert-OH is 1. The SMILES string of the molecule is CC(C)(C)CC(COc1ccnc(N2CCNC(O)C2)c1F)OC(N)=O. The molecule has 1 aliphatic heterocycles. The number of anilines is 1. The van der Waals surface area contributed by atoms with Crippen LogP contribution in [0.15, 0.2) is 12.3 Å². The van der Waals surface area contributed by atoms with Crippen molar-refractivity contribution in [3.8, 4) is 5.75 Å². The van der Waals surface area contributed by atoms with Crippen LogP contribution >= 0.6 is 0 Å². The lowest BCUT2D eigenvalue weighted by molar-refractivity contribution is 0.0453. The Balaban J connectivity index is 2.08. The van der Waals surface area contributed by atoms with E-state index in [9.17, 15) is 14.3 Å². The molecule has 1 saturated heterocycles. The van der Waals surface area contributed by atoms with Crippen LogP contribution in [0.5, 0.6) is 5.75 Å². The third kappa shape index (κ3) is 5.99. The van der Waals surface area contributed by atoms with Gasteiger partial charge in [-0.15, -0.1) is 0 Å². The van der Waals surface area contributed by atoms with E-state index in [-0.39, 0.29) is 30.1 Å². The zero-order valence-electron chi connectivity index (χ0n) is 15.4. The van der Waals surface area contributed by atoms with Crippen molar-refractivity contribution in [2.45, 2.75) is 39.5 Å². The van der Waals surface area contributed by atoms with Crippen LogP contribution in [0.4, 0.5) is 15.0 Å². The van der Waals surface area contributed by atoms with Crippen molar-refractivity contribution in [2.75, 3.05) is 31.1 Å². The molecule has 26 heavy (non-hydrogen) atoms. The first kappa shape index (κ1) is 20.2. The van der Waals surface area contributed by atoms with Gasteiger partial charge in [-0.1, -0.05) is 20.8 Å². The topological polar surface area (TPSA) is 110 Å². The summed E-state index contributed by atoms with van der Waals surface area (Å²) in [6.45, 7) is 7.21. The molecule has 4 N–H and O–H groups in total. The number of nitrogens with zero attached hydrogens (tertiary/aromatic N) is 2. The molecule has 0 bridgehead atoms. The predicted molar refractivity (Wildman–Crippen MR) is 94.4 cm³/mol. The average molecular weight is 370 g/mol. The molecule has 1 fully saturated rings. The lowest BCUT2D eigenvalue weighted by atomic mass is 9.89. The molecule has 9 heteroatoms. The number of hydrogen-bond acceptors (Lipinski definition) is 7. The number of nitrogens with two attached hydrogens (primary N) is 1. The van der Waals surface area contributed by atoms with E-state index in [1.54, 1.807) is 4.90 Å². The molecule has 0 radical (unpaired) electrons. The van der Waals surface area contributed by atoms with Crippen LogP contribution in [0.25, 0.3) is 0 Å². The Morgan fingerprint density at radius 3 is 2.92 bits per heavy atom. The molecule has 2 rings (SSSR count). The Morgan fingerprint density at radius 2 is 2.31 bits per heavy atom. The van der Waals surface area contributed by atoms with Gasteiger partial charge in [0.25, 0.3) is 0 Å². The second-order valence-corrected chi connectivity index (χ2v) is 7.50. The van der Waals surface area contributed by atoms with Gasteiger partial charge in [0.05, 0.1) is 6.54 Å². The Hall–Kier alpha value is -2.13. The monoisotopic (exact) mass is 370 g/mol. The molecular weight excluding hydrogens is 343 g/mol. The predicted octanol–water partition coefficient (Wildman–Crippen LogP) is 1.23. The van der Waals surface area contributed by atoms with E-state index >= 15 is 0 Å². The first-order chi connectivity index (χ1) is 12.2. The highest BCUT2D eigenvalue weighted by Crippen LogP contribution is 2.27. The quantitative estimate of drug-likeness (QED) is 0.691. The van der Waals surface area contributed by atoms with Gasteiger partial charge in [-0.3, -0.25) is 5.32 Å². The number of halogens is 1. The molecule has 2 heterocycles. The summed E-state index contributed by atoms with van der Waals surface area (Å²) < 4.78 is 25.4. The number of aliphatic hydroxyl groups is 1. The van der Waals surface area contributed by atoms with Crippen LogP contribution in [-0.4, -0.2) is 54.8 Å². The maximum atomic E-state index is 14.8. The van der Waals surface area contributed by atoms with Crippen molar-refractivity contribution in [3.63, 3.8) is 0 Å². The molecule has 0 aliphatic carbocycles. The maximum Gasteiger partial charge on any atom is 0.404 e. The van der Waals surface area contributed by atoms with E-state index in [4.69, 9.17) is 15.2 Å². The number of nitrogens with one attached hydrogen (secondary N) is 1. The van der Waals surface area contributed by atoms with E-state index in [2.05, 4.69) is 10.3 Å². The molecule has 0 saturated carbocycles. The number of amides is 1. The number of piperazine rings is 1. The summed E-state index contributed by atoms with van der Waals surface area (Å²) >= 11 is 0. The molecule has 0 aromatic carbocycles. The summed E-state index contributed by atoms with van der Waals surface area (Å²) in [5.74, 6) is -0.489. The van der Waals surface area contributed by atoms with Crippen molar-refractivity contribution in [3.05, 3.63) is 18.1 Å². The fraction of sp³-hybridized carbons (Fsp3) is 0.647. The Morgan fingerprint density at radius 1 is 1.58 bits per heavy atom. The number of primary amides is 1. The molecule has 1 aromatic heterocycles. The van der Waals surface area contributed by atoms with E-state index in [1.807, 2.05) is 20.8 Å². The summed E-state index contributed by atoms with van der Waals surface area (Å²) in [6.07, 6.45) is -0.275. The molecule has 2 atom stereocenters. The maximum absolute atomic E-state index is 14.8. The lowest BCUT2D eigenvalue weighted by Gasteiger charge is -2.32. The number of ether oxygens (including phenoxy) is 2. The minimum Gasteiger partial charge on any atom is -0.486 e. The van der Waals surface area contributed by atoms with Gasteiger partial charge in [-0.2, -0.15) is 4.39 Å². The Labute approximate surface area is 152 Å². The van der Waals surface area contributed by atoms with Gasteiger partial charge >= 0.3 is 6.09 Å². The summed E-state index contributed by atoms with van der Waals surface area (Å²) in [5.41, 5.74) is 4.99. The summed E-state index contributed by atoms with van der Waals surface area (Å²) in [6, 6.07) is 1.41. The molecule has 1 aromatic rings. The standard InChI is InChI=1S/C17H27FN4O4/c1-17(2,3)8-11(26-16(19)24)10-25-12-4-5-21-15(14(12)18)22-7-6-20-13(23)9-22/h4-5,11,13,20,23H,6-10H2,1-3H3,(H2,19,24). The highest BCUT2D eigenvalue weighted by molar-refractivity contribution is 5.64. The summed E-state index contributed by atoms with van der Waals surface area (Å²) in [4.78, 5) is 16.8. The van der Waals surface area contributed by atoms with Gasteiger partial charge in [-0.25, -0.2) is 9.78 Å². The van der Waals surface area contributed by atoms with Crippen LogP contribution in [0.2, 0.25) is 0 Å². The number of β-amino-alcohol motifs (C(OH)–C–C–N with tert-alkyl or cyclic N) is 1. The smallest absolute Gasteiger partial charge is 0.404 e. The van der Waals surface area contributed by atoms with E-state index in [0.29, 0.717) is 19.5 Å². The molecule has 2 unspecified atom stereocenters. The minimum absolute atomic E-state index is 0.00926. The number of pyridine rings is 1. The van der Waals surface area contributed by atoms with Crippen LogP contribution < -0.4 is 20.7 Å². The van der Waals surface area contributed by atoms with Crippen LogP contribution in [0.3, 0.4) is 0 Å². The molecule has 1 aliphatic rings. The normalized spacial score (nSPS) is 19.1. The summed E-state index contributed by atoms with van der Waals surface area (Å²) in [5, 5.41) is 12.5. The van der Waals surface area contributed by atoms with Crippen molar-refractivity contribution in [2.24, 2.45) is 11.1 Å². The highest BCUT2D eigenvalue weighted by Gasteiger charge is 2.25. The van der Waals surface area contributed by atoms with Crippen molar-refractivity contribution >= 4 is 11.9 Å². The largest absolute Gasteiger partial charge is 0.486 e. The first-order valence-corrected chi connectivity index (χ1v) is 8.55. The molecular formula is C17H27FN4O4. The number of aromatic nitrogens is 1. The first-order valence-electron chi connectivity index (χ1n) is 8.55. The molecule has 0 spiro atoms. The molecule has 1 amide bonds. The van der Waals surface area contributed by atoms with Gasteiger partial charge in [0, 0.05) is 25.4 Å². The van der Waals surface area contributed by atoms with Crippen molar-refractivity contribution in [1.29, 1.82) is 0 Å². The van der Waals surface area contributed by atoms with Crippen LogP contribution in [0.1, 0.15) is 27.2 Å². The van der Waals surface area contributed by atoms with Crippen LogP contribution in [0, 0.1) is 11.2 Å².